The molecule has 0 aliphatic carbocycles. The van der Waals surface area contributed by atoms with Gasteiger partial charge in [0.15, 0.2) is 0 Å². The van der Waals surface area contributed by atoms with Crippen molar-refractivity contribution in [3.05, 3.63) is 33.8 Å². The Labute approximate surface area is 119 Å². The van der Waals surface area contributed by atoms with Crippen LogP contribution in [0.15, 0.2) is 18.2 Å². The summed E-state index contributed by atoms with van der Waals surface area (Å²) in [4.78, 5) is 2.31. The molecule has 0 spiro atoms. The quantitative estimate of drug-likeness (QED) is 0.910. The summed E-state index contributed by atoms with van der Waals surface area (Å²) in [5.74, 6) is 0. The van der Waals surface area contributed by atoms with Crippen LogP contribution >= 0.6 is 23.2 Å². The highest BCUT2D eigenvalue weighted by atomic mass is 35.5. The van der Waals surface area contributed by atoms with Crippen LogP contribution in [0.1, 0.15) is 24.8 Å². The van der Waals surface area contributed by atoms with Crippen molar-refractivity contribution >= 4 is 23.2 Å². The molecule has 2 nitrogen and oxygen atoms in total. The molecule has 1 atom stereocenters. The number of hydrogen-bond donors (Lipinski definition) is 1. The third-order valence-corrected chi connectivity index (χ3v) is 4.00. The van der Waals surface area contributed by atoms with Gasteiger partial charge < -0.3 is 10.2 Å². The molecule has 100 valence electrons. The third-order valence-electron chi connectivity index (χ3n) is 3.39. The number of halogens is 2. The van der Waals surface area contributed by atoms with E-state index in [0.717, 1.165) is 35.2 Å². The van der Waals surface area contributed by atoms with Gasteiger partial charge in [-0.2, -0.15) is 0 Å². The van der Waals surface area contributed by atoms with Gasteiger partial charge in [-0.1, -0.05) is 29.6 Å². The third kappa shape index (κ3) is 4.13. The lowest BCUT2D eigenvalue weighted by molar-refractivity contribution is 0.256. The molecule has 1 aliphatic rings. The van der Waals surface area contributed by atoms with Crippen LogP contribution in [0.5, 0.6) is 0 Å². The van der Waals surface area contributed by atoms with Gasteiger partial charge in [-0.05, 0) is 50.2 Å². The number of likely N-dealkylation sites (N-methyl/N-ethyl adjacent to an activating group) is 1. The Morgan fingerprint density at radius 3 is 2.89 bits per heavy atom. The van der Waals surface area contributed by atoms with Crippen LogP contribution in [0.4, 0.5) is 0 Å². The molecule has 18 heavy (non-hydrogen) atoms. The largest absolute Gasteiger partial charge is 0.313 e. The normalized spacial score (nSPS) is 20.3. The Kier molecular flexibility index (Phi) is 5.31. The summed E-state index contributed by atoms with van der Waals surface area (Å²) in [5, 5.41) is 5.10. The summed E-state index contributed by atoms with van der Waals surface area (Å²) < 4.78 is 0. The lowest BCUT2D eigenvalue weighted by Gasteiger charge is -2.28. The molecule has 1 aliphatic heterocycles. The molecule has 0 amide bonds. The number of hydrogen-bond acceptors (Lipinski definition) is 2. The van der Waals surface area contributed by atoms with Gasteiger partial charge >= 0.3 is 0 Å². The molecule has 1 heterocycles. The van der Waals surface area contributed by atoms with Gasteiger partial charge in [-0.25, -0.2) is 0 Å². The molecule has 1 N–H and O–H groups in total. The summed E-state index contributed by atoms with van der Waals surface area (Å²) in [6.45, 7) is 3.05. The molecule has 1 saturated heterocycles. The van der Waals surface area contributed by atoms with Crippen LogP contribution in [0.25, 0.3) is 0 Å². The monoisotopic (exact) mass is 286 g/mol. The molecule has 4 heteroatoms. The molecule has 1 aromatic carbocycles. The molecule has 1 unspecified atom stereocenters. The van der Waals surface area contributed by atoms with E-state index < -0.39 is 0 Å². The average molecular weight is 287 g/mol. The molecule has 0 aromatic heterocycles. The highest BCUT2D eigenvalue weighted by molar-refractivity contribution is 6.33. The number of benzene rings is 1. The summed E-state index contributed by atoms with van der Waals surface area (Å²) in [6.07, 6.45) is 3.91. The predicted molar refractivity (Wildman–Crippen MR) is 78.4 cm³/mol. The second kappa shape index (κ2) is 6.76. The number of piperidine rings is 1. The van der Waals surface area contributed by atoms with Gasteiger partial charge in [0.1, 0.15) is 0 Å². The van der Waals surface area contributed by atoms with Crippen molar-refractivity contribution in [1.82, 2.24) is 10.2 Å². The zero-order valence-corrected chi connectivity index (χ0v) is 12.3. The number of rotatable bonds is 4. The summed E-state index contributed by atoms with van der Waals surface area (Å²) in [6, 6.07) is 6.26. The van der Waals surface area contributed by atoms with Crippen LogP contribution in [-0.4, -0.2) is 31.1 Å². The number of nitrogens with zero attached hydrogens (tertiary/aromatic N) is 1. The second-order valence-corrected chi connectivity index (χ2v) is 5.92. The first-order valence-electron chi connectivity index (χ1n) is 6.51. The van der Waals surface area contributed by atoms with Crippen LogP contribution in [-0.2, 0) is 6.54 Å². The summed E-state index contributed by atoms with van der Waals surface area (Å²) in [7, 11) is 2.13. The van der Waals surface area contributed by atoms with E-state index in [2.05, 4.69) is 17.3 Å². The fraction of sp³-hybridized carbons (Fsp3) is 0.571. The maximum absolute atomic E-state index is 6.18. The van der Waals surface area contributed by atoms with Gasteiger partial charge in [0, 0.05) is 29.2 Å². The maximum Gasteiger partial charge on any atom is 0.0452 e. The van der Waals surface area contributed by atoms with Gasteiger partial charge in [0.25, 0.3) is 0 Å². The smallest absolute Gasteiger partial charge is 0.0452 e. The highest BCUT2D eigenvalue weighted by Gasteiger charge is 2.15. The molecule has 0 saturated carbocycles. The van der Waals surface area contributed by atoms with E-state index in [1.54, 1.807) is 0 Å². The fourth-order valence-electron chi connectivity index (χ4n) is 2.48. The Morgan fingerprint density at radius 1 is 1.33 bits per heavy atom. The van der Waals surface area contributed by atoms with Gasteiger partial charge in [-0.3, -0.25) is 0 Å². The Bertz CT molecular complexity index is 389. The Hall–Kier alpha value is -0.280. The Balaban J connectivity index is 1.89. The summed E-state index contributed by atoms with van der Waals surface area (Å²) in [5.41, 5.74) is 1.10. The SMILES string of the molecule is CN(Cc1cc(Cl)ccc1Cl)CC1CCCCN1. The molecule has 0 radical (unpaired) electrons. The molecular weight excluding hydrogens is 267 g/mol. The van der Waals surface area contributed by atoms with E-state index >= 15 is 0 Å². The van der Waals surface area contributed by atoms with E-state index in [1.807, 2.05) is 18.2 Å². The van der Waals surface area contributed by atoms with Crippen LogP contribution in [0.2, 0.25) is 10.0 Å². The first-order valence-corrected chi connectivity index (χ1v) is 7.26. The first-order chi connectivity index (χ1) is 8.65. The van der Waals surface area contributed by atoms with Crippen molar-refractivity contribution in [2.75, 3.05) is 20.1 Å². The van der Waals surface area contributed by atoms with E-state index in [1.165, 1.54) is 19.3 Å². The predicted octanol–water partition coefficient (Wildman–Crippen LogP) is 3.57. The van der Waals surface area contributed by atoms with Crippen molar-refractivity contribution < 1.29 is 0 Å². The minimum atomic E-state index is 0.613. The lowest BCUT2D eigenvalue weighted by atomic mass is 10.0. The molecular formula is C14H20Cl2N2. The highest BCUT2D eigenvalue weighted by Crippen LogP contribution is 2.22. The maximum atomic E-state index is 6.18. The van der Waals surface area contributed by atoms with Gasteiger partial charge in [0.2, 0.25) is 0 Å². The fourth-order valence-corrected chi connectivity index (χ4v) is 2.85. The molecule has 0 bridgehead atoms. The van der Waals surface area contributed by atoms with Crippen molar-refractivity contribution in [3.8, 4) is 0 Å². The van der Waals surface area contributed by atoms with Crippen LogP contribution < -0.4 is 5.32 Å². The van der Waals surface area contributed by atoms with Crippen molar-refractivity contribution in [2.45, 2.75) is 31.8 Å². The van der Waals surface area contributed by atoms with Crippen molar-refractivity contribution in [1.29, 1.82) is 0 Å². The van der Waals surface area contributed by atoms with Gasteiger partial charge in [0.05, 0.1) is 0 Å². The minimum Gasteiger partial charge on any atom is -0.313 e. The topological polar surface area (TPSA) is 15.3 Å². The van der Waals surface area contributed by atoms with Gasteiger partial charge in [-0.15, -0.1) is 0 Å². The molecule has 1 aromatic rings. The Morgan fingerprint density at radius 2 is 2.17 bits per heavy atom. The molecule has 1 fully saturated rings. The van der Waals surface area contributed by atoms with E-state index in [-0.39, 0.29) is 0 Å². The average Bonchev–Trinajstić information content (AvgIpc) is 2.35. The number of nitrogens with one attached hydrogen (secondary N) is 1. The first kappa shape index (κ1) is 14.1. The molecule has 2 rings (SSSR count). The lowest BCUT2D eigenvalue weighted by Crippen LogP contribution is -2.42. The summed E-state index contributed by atoms with van der Waals surface area (Å²) >= 11 is 12.2. The zero-order chi connectivity index (χ0) is 13.0. The van der Waals surface area contributed by atoms with E-state index in [0.29, 0.717) is 6.04 Å². The second-order valence-electron chi connectivity index (χ2n) is 5.08. The van der Waals surface area contributed by atoms with Crippen molar-refractivity contribution in [2.24, 2.45) is 0 Å². The zero-order valence-electron chi connectivity index (χ0n) is 10.8. The van der Waals surface area contributed by atoms with Crippen LogP contribution in [0, 0.1) is 0 Å². The minimum absolute atomic E-state index is 0.613. The van der Waals surface area contributed by atoms with Crippen LogP contribution in [0.3, 0.4) is 0 Å². The van der Waals surface area contributed by atoms with Crippen molar-refractivity contribution in [3.63, 3.8) is 0 Å². The van der Waals surface area contributed by atoms with E-state index in [4.69, 9.17) is 23.2 Å². The standard InChI is InChI=1S/C14H20Cl2N2/c1-18(10-13-4-2-3-7-17-13)9-11-8-12(15)5-6-14(11)16/h5-6,8,13,17H,2-4,7,9-10H2,1H3. The van der Waals surface area contributed by atoms with E-state index in [9.17, 15) is 0 Å².